The van der Waals surface area contributed by atoms with Gasteiger partial charge in [-0.1, -0.05) is 12.1 Å². The van der Waals surface area contributed by atoms with E-state index >= 15 is 0 Å². The number of nitrogens with zero attached hydrogens (tertiary/aromatic N) is 4. The van der Waals surface area contributed by atoms with E-state index < -0.39 is 0 Å². The van der Waals surface area contributed by atoms with Crippen LogP contribution in [0.1, 0.15) is 6.42 Å². The van der Waals surface area contributed by atoms with Gasteiger partial charge in [-0.05, 0) is 38.1 Å². The fourth-order valence-corrected chi connectivity index (χ4v) is 2.38. The van der Waals surface area contributed by atoms with Crippen molar-refractivity contribution in [1.29, 1.82) is 0 Å². The summed E-state index contributed by atoms with van der Waals surface area (Å²) in [4.78, 5) is 6.81. The molecule has 94 valence electrons. The Hall–Kier alpha value is -1.75. The van der Waals surface area contributed by atoms with Crippen LogP contribution >= 0.6 is 0 Å². The van der Waals surface area contributed by atoms with Crippen LogP contribution in [0.2, 0.25) is 0 Å². The number of likely N-dealkylation sites (tertiary alicyclic amines) is 1. The molecule has 2 heterocycles. The molecule has 1 fully saturated rings. The number of fused-ring (bicyclic) bond motifs is 1. The third-order valence-electron chi connectivity index (χ3n) is 3.40. The van der Waals surface area contributed by atoms with Gasteiger partial charge in [-0.15, -0.1) is 10.2 Å². The molecule has 1 aromatic heterocycles. The Morgan fingerprint density at radius 1 is 1.28 bits per heavy atom. The second-order valence-corrected chi connectivity index (χ2v) is 4.92. The minimum Gasteiger partial charge on any atom is -0.353 e. The number of anilines is 1. The number of rotatable bonds is 3. The number of nitrogens with one attached hydrogen (secondary N) is 1. The van der Waals surface area contributed by atoms with E-state index in [4.69, 9.17) is 0 Å². The van der Waals surface area contributed by atoms with Crippen molar-refractivity contribution < 1.29 is 0 Å². The Morgan fingerprint density at radius 3 is 2.89 bits per heavy atom. The van der Waals surface area contributed by atoms with Gasteiger partial charge in [0.15, 0.2) is 0 Å². The monoisotopic (exact) mass is 243 g/mol. The van der Waals surface area contributed by atoms with Gasteiger partial charge < -0.3 is 10.2 Å². The van der Waals surface area contributed by atoms with Gasteiger partial charge >= 0.3 is 0 Å². The van der Waals surface area contributed by atoms with Crippen molar-refractivity contribution in [3.05, 3.63) is 24.3 Å². The van der Waals surface area contributed by atoms with E-state index in [0.29, 0.717) is 11.9 Å². The van der Waals surface area contributed by atoms with Crippen molar-refractivity contribution in [2.24, 2.45) is 5.92 Å². The largest absolute Gasteiger partial charge is 0.353 e. The van der Waals surface area contributed by atoms with Crippen LogP contribution in [-0.4, -0.2) is 46.8 Å². The molecule has 3 rings (SSSR count). The molecule has 0 radical (unpaired) electrons. The number of hydrogen-bond donors (Lipinski definition) is 1. The van der Waals surface area contributed by atoms with Gasteiger partial charge in [-0.2, -0.15) is 0 Å². The summed E-state index contributed by atoms with van der Waals surface area (Å²) in [6.45, 7) is 3.25. The molecule has 5 nitrogen and oxygen atoms in total. The molecule has 0 bridgehead atoms. The van der Waals surface area contributed by atoms with Crippen LogP contribution in [0.25, 0.3) is 11.0 Å². The molecule has 0 amide bonds. The summed E-state index contributed by atoms with van der Waals surface area (Å²) in [5.41, 5.74) is 1.72. The molecule has 1 unspecified atom stereocenters. The maximum Gasteiger partial charge on any atom is 0.243 e. The molecule has 0 saturated carbocycles. The number of benzene rings is 1. The van der Waals surface area contributed by atoms with Crippen LogP contribution in [0.5, 0.6) is 0 Å². The van der Waals surface area contributed by atoms with Crippen molar-refractivity contribution in [1.82, 2.24) is 20.1 Å². The number of hydrogen-bond acceptors (Lipinski definition) is 5. The summed E-state index contributed by atoms with van der Waals surface area (Å²) in [6.07, 6.45) is 1.24. The molecule has 2 aromatic rings. The third kappa shape index (κ3) is 2.41. The Kier molecular flexibility index (Phi) is 3.06. The molecule has 1 aliphatic rings. The molecular weight excluding hydrogens is 226 g/mol. The Bertz CT molecular complexity index is 542. The molecule has 1 aliphatic heterocycles. The minimum absolute atomic E-state index is 0.628. The third-order valence-corrected chi connectivity index (χ3v) is 3.40. The Labute approximate surface area is 106 Å². The van der Waals surface area contributed by atoms with Crippen LogP contribution in [-0.2, 0) is 0 Å². The molecule has 1 aromatic carbocycles. The topological polar surface area (TPSA) is 53.9 Å². The first kappa shape index (κ1) is 11.3. The van der Waals surface area contributed by atoms with Crippen molar-refractivity contribution in [3.63, 3.8) is 0 Å². The molecular formula is C13H17N5. The lowest BCUT2D eigenvalue weighted by molar-refractivity contribution is 0.399. The second-order valence-electron chi connectivity index (χ2n) is 4.92. The van der Waals surface area contributed by atoms with Crippen molar-refractivity contribution in [3.8, 4) is 0 Å². The maximum absolute atomic E-state index is 4.46. The van der Waals surface area contributed by atoms with E-state index in [-0.39, 0.29) is 0 Å². The molecule has 1 N–H and O–H groups in total. The maximum atomic E-state index is 4.46. The van der Waals surface area contributed by atoms with E-state index in [1.807, 2.05) is 24.3 Å². The van der Waals surface area contributed by atoms with Crippen molar-refractivity contribution >= 4 is 17.0 Å². The van der Waals surface area contributed by atoms with E-state index in [1.54, 1.807) is 0 Å². The lowest BCUT2D eigenvalue weighted by Crippen LogP contribution is -2.20. The van der Waals surface area contributed by atoms with Gasteiger partial charge in [0.2, 0.25) is 5.95 Å². The lowest BCUT2D eigenvalue weighted by atomic mass is 10.1. The smallest absolute Gasteiger partial charge is 0.243 e. The molecule has 1 saturated heterocycles. The zero-order valence-electron chi connectivity index (χ0n) is 10.5. The van der Waals surface area contributed by atoms with E-state index in [9.17, 15) is 0 Å². The van der Waals surface area contributed by atoms with E-state index in [0.717, 1.165) is 24.1 Å². The molecule has 0 aliphatic carbocycles. The SMILES string of the molecule is CN1CCC(CNc2nnc3ccccc3n2)C1. The number of para-hydroxylation sites is 1. The first-order valence-electron chi connectivity index (χ1n) is 6.33. The zero-order chi connectivity index (χ0) is 12.4. The fourth-order valence-electron chi connectivity index (χ4n) is 2.38. The Balaban J connectivity index is 1.67. The van der Waals surface area contributed by atoms with E-state index in [1.165, 1.54) is 13.0 Å². The highest BCUT2D eigenvalue weighted by atomic mass is 15.2. The highest BCUT2D eigenvalue weighted by Crippen LogP contribution is 2.15. The quantitative estimate of drug-likeness (QED) is 0.883. The molecule has 0 spiro atoms. The van der Waals surface area contributed by atoms with Gasteiger partial charge in [-0.3, -0.25) is 0 Å². The summed E-state index contributed by atoms with van der Waals surface area (Å²) < 4.78 is 0. The van der Waals surface area contributed by atoms with E-state index in [2.05, 4.69) is 32.4 Å². The predicted octanol–water partition coefficient (Wildman–Crippen LogP) is 1.39. The average molecular weight is 243 g/mol. The van der Waals surface area contributed by atoms with Gasteiger partial charge in [0, 0.05) is 13.1 Å². The Morgan fingerprint density at radius 2 is 2.11 bits per heavy atom. The van der Waals surface area contributed by atoms with Crippen LogP contribution in [0, 0.1) is 5.92 Å². The summed E-state index contributed by atoms with van der Waals surface area (Å²) in [6, 6.07) is 7.79. The van der Waals surface area contributed by atoms with Gasteiger partial charge in [0.05, 0.1) is 5.52 Å². The van der Waals surface area contributed by atoms with Crippen molar-refractivity contribution in [2.75, 3.05) is 32.0 Å². The summed E-state index contributed by atoms with van der Waals surface area (Å²) in [5, 5.41) is 11.5. The summed E-state index contributed by atoms with van der Waals surface area (Å²) in [5.74, 6) is 1.31. The second kappa shape index (κ2) is 4.86. The van der Waals surface area contributed by atoms with Gasteiger partial charge in [0.1, 0.15) is 5.52 Å². The summed E-state index contributed by atoms with van der Waals surface area (Å²) in [7, 11) is 2.16. The highest BCUT2D eigenvalue weighted by molar-refractivity contribution is 5.73. The first-order valence-corrected chi connectivity index (χ1v) is 6.33. The minimum atomic E-state index is 0.628. The van der Waals surface area contributed by atoms with Crippen LogP contribution in [0.4, 0.5) is 5.95 Å². The average Bonchev–Trinajstić information content (AvgIpc) is 2.82. The normalized spacial score (nSPS) is 20.4. The van der Waals surface area contributed by atoms with Gasteiger partial charge in [0.25, 0.3) is 0 Å². The van der Waals surface area contributed by atoms with Gasteiger partial charge in [-0.25, -0.2) is 4.98 Å². The van der Waals surface area contributed by atoms with Crippen LogP contribution < -0.4 is 5.32 Å². The fraction of sp³-hybridized carbons (Fsp3) is 0.462. The van der Waals surface area contributed by atoms with Crippen LogP contribution in [0.15, 0.2) is 24.3 Å². The predicted molar refractivity (Wildman–Crippen MR) is 71.4 cm³/mol. The van der Waals surface area contributed by atoms with Crippen LogP contribution in [0.3, 0.4) is 0 Å². The summed E-state index contributed by atoms with van der Waals surface area (Å²) >= 11 is 0. The van der Waals surface area contributed by atoms with Crippen molar-refractivity contribution in [2.45, 2.75) is 6.42 Å². The molecule has 1 atom stereocenters. The zero-order valence-corrected chi connectivity index (χ0v) is 10.5. The number of aromatic nitrogens is 3. The first-order chi connectivity index (χ1) is 8.81. The highest BCUT2D eigenvalue weighted by Gasteiger charge is 2.19. The molecule has 5 heteroatoms. The molecule has 18 heavy (non-hydrogen) atoms. The standard InChI is InChI=1S/C13H17N5/c1-18-7-6-10(9-18)8-14-13-15-11-4-2-3-5-12(11)16-17-13/h2-5,10H,6-9H2,1H3,(H,14,15,17). The lowest BCUT2D eigenvalue weighted by Gasteiger charge is -2.11.